The van der Waals surface area contributed by atoms with Crippen molar-refractivity contribution < 1.29 is 4.74 Å². The second-order valence-electron chi connectivity index (χ2n) is 4.78. The summed E-state index contributed by atoms with van der Waals surface area (Å²) in [6.07, 6.45) is 3.69. The Morgan fingerprint density at radius 1 is 1.56 bits per heavy atom. The molecule has 0 aliphatic carbocycles. The number of nitrogens with zero attached hydrogens (tertiary/aromatic N) is 1. The molecule has 2 heterocycles. The van der Waals surface area contributed by atoms with Gasteiger partial charge in [-0.1, -0.05) is 11.6 Å². The number of hydrogen-bond donors (Lipinski definition) is 1. The molecule has 1 aromatic rings. The average Bonchev–Trinajstić information content (AvgIpc) is 2.20. The van der Waals surface area contributed by atoms with Gasteiger partial charge in [0.05, 0.1) is 11.3 Å². The van der Waals surface area contributed by atoms with Crippen LogP contribution >= 0.6 is 11.6 Å². The van der Waals surface area contributed by atoms with Gasteiger partial charge >= 0.3 is 0 Å². The van der Waals surface area contributed by atoms with E-state index in [9.17, 15) is 0 Å². The highest BCUT2D eigenvalue weighted by Crippen LogP contribution is 2.28. The molecule has 1 aliphatic rings. The quantitative estimate of drug-likeness (QED) is 0.807. The molecule has 16 heavy (non-hydrogen) atoms. The van der Waals surface area contributed by atoms with Crippen LogP contribution in [0.1, 0.15) is 26.7 Å². The summed E-state index contributed by atoms with van der Waals surface area (Å²) in [5, 5.41) is 3.96. The number of aromatic nitrogens is 1. The van der Waals surface area contributed by atoms with Crippen LogP contribution in [0.25, 0.3) is 0 Å². The summed E-state index contributed by atoms with van der Waals surface area (Å²) in [7, 11) is 0. The number of hydrogen-bond acceptors (Lipinski definition) is 3. The number of halogens is 1. The first-order valence-electron chi connectivity index (χ1n) is 5.58. The van der Waals surface area contributed by atoms with E-state index in [4.69, 9.17) is 16.3 Å². The van der Waals surface area contributed by atoms with Crippen LogP contribution in [0, 0.1) is 0 Å². The van der Waals surface area contributed by atoms with Gasteiger partial charge in [0.2, 0.25) is 0 Å². The lowest BCUT2D eigenvalue weighted by Crippen LogP contribution is -2.40. The minimum atomic E-state index is -0.0510. The van der Waals surface area contributed by atoms with Crippen molar-refractivity contribution in [2.24, 2.45) is 0 Å². The summed E-state index contributed by atoms with van der Waals surface area (Å²) >= 11 is 6.01. The molecule has 4 heteroatoms. The van der Waals surface area contributed by atoms with E-state index < -0.39 is 0 Å². The molecule has 2 rings (SSSR count). The molecule has 1 atom stereocenters. The van der Waals surface area contributed by atoms with Crippen molar-refractivity contribution in [3.63, 3.8) is 0 Å². The first-order valence-corrected chi connectivity index (χ1v) is 5.96. The van der Waals surface area contributed by atoms with Crippen molar-refractivity contribution in [3.8, 4) is 0 Å². The Balaban J connectivity index is 2.02. The number of rotatable bonds is 2. The van der Waals surface area contributed by atoms with Gasteiger partial charge in [0, 0.05) is 18.8 Å². The molecule has 0 spiro atoms. The van der Waals surface area contributed by atoms with Crippen LogP contribution in [-0.2, 0) is 4.74 Å². The minimum absolute atomic E-state index is 0.0510. The fourth-order valence-corrected chi connectivity index (χ4v) is 2.24. The Bertz CT molecular complexity index is 368. The van der Waals surface area contributed by atoms with E-state index in [1.165, 1.54) is 0 Å². The van der Waals surface area contributed by atoms with Crippen molar-refractivity contribution in [1.29, 1.82) is 0 Å². The molecular formula is C12H17ClN2O. The lowest BCUT2D eigenvalue weighted by molar-refractivity contribution is -0.0553. The van der Waals surface area contributed by atoms with Crippen LogP contribution in [0.2, 0.25) is 5.15 Å². The van der Waals surface area contributed by atoms with Crippen molar-refractivity contribution in [2.45, 2.75) is 38.3 Å². The number of anilines is 1. The summed E-state index contributed by atoms with van der Waals surface area (Å²) in [5.41, 5.74) is 0.858. The zero-order valence-electron chi connectivity index (χ0n) is 9.66. The second kappa shape index (κ2) is 4.60. The van der Waals surface area contributed by atoms with Crippen LogP contribution < -0.4 is 5.32 Å². The summed E-state index contributed by atoms with van der Waals surface area (Å²) in [6, 6.07) is 4.25. The monoisotopic (exact) mass is 240 g/mol. The van der Waals surface area contributed by atoms with Crippen LogP contribution in [0.3, 0.4) is 0 Å². The third-order valence-electron chi connectivity index (χ3n) is 2.82. The molecule has 3 nitrogen and oxygen atoms in total. The van der Waals surface area contributed by atoms with E-state index in [0.717, 1.165) is 25.1 Å². The van der Waals surface area contributed by atoms with Gasteiger partial charge in [-0.2, -0.15) is 0 Å². The number of pyridine rings is 1. The fourth-order valence-electron chi connectivity index (χ4n) is 2.07. The Labute approximate surface area is 101 Å². The van der Waals surface area contributed by atoms with Crippen LogP contribution in [0.4, 0.5) is 5.69 Å². The first kappa shape index (κ1) is 11.7. The third kappa shape index (κ3) is 2.86. The molecular weight excluding hydrogens is 224 g/mol. The zero-order chi connectivity index (χ0) is 11.6. The van der Waals surface area contributed by atoms with E-state index in [1.54, 1.807) is 6.20 Å². The number of ether oxygens (including phenoxy) is 1. The average molecular weight is 241 g/mol. The normalized spacial score (nSPS) is 24.1. The Morgan fingerprint density at radius 2 is 2.38 bits per heavy atom. The molecule has 0 amide bonds. The van der Waals surface area contributed by atoms with Crippen LogP contribution in [-0.4, -0.2) is 23.2 Å². The largest absolute Gasteiger partial charge is 0.380 e. The van der Waals surface area contributed by atoms with Gasteiger partial charge in [-0.3, -0.25) is 0 Å². The zero-order valence-corrected chi connectivity index (χ0v) is 10.4. The maximum Gasteiger partial charge on any atom is 0.152 e. The van der Waals surface area contributed by atoms with Gasteiger partial charge in [-0.25, -0.2) is 4.98 Å². The first-order chi connectivity index (χ1) is 7.57. The predicted molar refractivity (Wildman–Crippen MR) is 65.9 cm³/mol. The fraction of sp³-hybridized carbons (Fsp3) is 0.583. The standard InChI is InChI=1S/C12H17ClN2O/c1-12(2)8-9(5-7-16-12)15-10-4-3-6-14-11(10)13/h3-4,6,9,15H,5,7-8H2,1-2H3. The number of nitrogens with one attached hydrogen (secondary N) is 1. The molecule has 0 aromatic carbocycles. The van der Waals surface area contributed by atoms with Crippen LogP contribution in [0.15, 0.2) is 18.3 Å². The highest BCUT2D eigenvalue weighted by Gasteiger charge is 2.28. The Kier molecular flexibility index (Phi) is 3.36. The highest BCUT2D eigenvalue weighted by molar-refractivity contribution is 6.31. The second-order valence-corrected chi connectivity index (χ2v) is 5.14. The molecule has 88 valence electrons. The molecule has 1 fully saturated rings. The molecule has 0 radical (unpaired) electrons. The summed E-state index contributed by atoms with van der Waals surface area (Å²) in [5.74, 6) is 0. The summed E-state index contributed by atoms with van der Waals surface area (Å²) in [4.78, 5) is 4.05. The van der Waals surface area contributed by atoms with E-state index in [2.05, 4.69) is 24.1 Å². The van der Waals surface area contributed by atoms with E-state index in [0.29, 0.717) is 11.2 Å². The van der Waals surface area contributed by atoms with Crippen molar-refractivity contribution >= 4 is 17.3 Å². The van der Waals surface area contributed by atoms with Crippen molar-refractivity contribution in [2.75, 3.05) is 11.9 Å². The van der Waals surface area contributed by atoms with Crippen molar-refractivity contribution in [3.05, 3.63) is 23.5 Å². The maximum absolute atomic E-state index is 6.01. The van der Waals surface area contributed by atoms with Gasteiger partial charge in [0.25, 0.3) is 0 Å². The Hall–Kier alpha value is -0.800. The van der Waals surface area contributed by atoms with E-state index in [1.807, 2.05) is 12.1 Å². The van der Waals surface area contributed by atoms with Gasteiger partial charge in [0.1, 0.15) is 0 Å². The summed E-state index contributed by atoms with van der Waals surface area (Å²) < 4.78 is 5.67. The van der Waals surface area contributed by atoms with Gasteiger partial charge in [0.15, 0.2) is 5.15 Å². The molecule has 1 unspecified atom stereocenters. The highest BCUT2D eigenvalue weighted by atomic mass is 35.5. The van der Waals surface area contributed by atoms with E-state index >= 15 is 0 Å². The maximum atomic E-state index is 6.01. The molecule has 0 bridgehead atoms. The van der Waals surface area contributed by atoms with Gasteiger partial charge < -0.3 is 10.1 Å². The third-order valence-corrected chi connectivity index (χ3v) is 3.12. The molecule has 1 aromatic heterocycles. The summed E-state index contributed by atoms with van der Waals surface area (Å²) in [6.45, 7) is 5.03. The molecule has 1 saturated heterocycles. The lowest BCUT2D eigenvalue weighted by Gasteiger charge is -2.36. The minimum Gasteiger partial charge on any atom is -0.380 e. The van der Waals surface area contributed by atoms with E-state index in [-0.39, 0.29) is 5.60 Å². The van der Waals surface area contributed by atoms with Gasteiger partial charge in [-0.15, -0.1) is 0 Å². The topological polar surface area (TPSA) is 34.2 Å². The lowest BCUT2D eigenvalue weighted by atomic mass is 9.94. The van der Waals surface area contributed by atoms with Crippen molar-refractivity contribution in [1.82, 2.24) is 4.98 Å². The smallest absolute Gasteiger partial charge is 0.152 e. The van der Waals surface area contributed by atoms with Gasteiger partial charge in [-0.05, 0) is 38.8 Å². The molecule has 1 aliphatic heterocycles. The van der Waals surface area contributed by atoms with Crippen LogP contribution in [0.5, 0.6) is 0 Å². The predicted octanol–water partition coefficient (Wildman–Crippen LogP) is 3.10. The molecule has 1 N–H and O–H groups in total. The molecule has 0 saturated carbocycles. The SMILES string of the molecule is CC1(C)CC(Nc2cccnc2Cl)CCO1. The Morgan fingerprint density at radius 3 is 3.06 bits per heavy atom.